The van der Waals surface area contributed by atoms with Crippen LogP contribution in [-0.4, -0.2) is 23.7 Å². The summed E-state index contributed by atoms with van der Waals surface area (Å²) >= 11 is 0. The molecule has 4 aromatic heterocycles. The van der Waals surface area contributed by atoms with Crippen molar-refractivity contribution in [3.05, 3.63) is 223 Å². The zero-order valence-electron chi connectivity index (χ0n) is 36.7. The number of hydrogen-bond acceptors (Lipinski definition) is 5. The Kier molecular flexibility index (Phi) is 8.85. The quantitative estimate of drug-likeness (QED) is 0.165. The molecule has 0 atom stereocenters. The lowest BCUT2D eigenvalue weighted by atomic mass is 10.0. The third-order valence-electron chi connectivity index (χ3n) is 13.3. The van der Waals surface area contributed by atoms with Crippen molar-refractivity contribution < 1.29 is 0 Å². The second kappa shape index (κ2) is 15.5. The van der Waals surface area contributed by atoms with E-state index in [2.05, 4.69) is 123 Å². The second-order valence-electron chi connectivity index (χ2n) is 17.2. The van der Waals surface area contributed by atoms with Gasteiger partial charge in [0.05, 0.1) is 79.4 Å². The lowest BCUT2D eigenvalue weighted by Gasteiger charge is -2.13. The molecule has 8 nitrogen and oxygen atoms in total. The molecule has 13 aromatic rings. The van der Waals surface area contributed by atoms with Gasteiger partial charge in [0.15, 0.2) is 5.82 Å². The minimum absolute atomic E-state index is 0.483. The van der Waals surface area contributed by atoms with Crippen molar-refractivity contribution >= 4 is 65.4 Å². The van der Waals surface area contributed by atoms with E-state index >= 15 is 0 Å². The summed E-state index contributed by atoms with van der Waals surface area (Å²) in [7, 11) is 0. The zero-order chi connectivity index (χ0) is 46.2. The molecule has 318 valence electrons. The normalized spacial score (nSPS) is 11.4. The van der Waals surface area contributed by atoms with Gasteiger partial charge in [-0.2, -0.15) is 15.8 Å². The van der Waals surface area contributed by atoms with Gasteiger partial charge in [-0.15, -0.1) is 0 Å². The highest BCUT2D eigenvalue weighted by Gasteiger charge is 2.21. The molecule has 0 spiro atoms. The average molecular weight is 879 g/mol. The van der Waals surface area contributed by atoms with Crippen LogP contribution >= 0.6 is 0 Å². The first-order chi connectivity index (χ1) is 34.1. The van der Waals surface area contributed by atoms with E-state index in [1.165, 1.54) is 10.8 Å². The maximum absolute atomic E-state index is 11.0. The van der Waals surface area contributed by atoms with E-state index in [9.17, 15) is 15.8 Å². The molecule has 0 aliphatic heterocycles. The Balaban J connectivity index is 1.05. The zero-order valence-corrected chi connectivity index (χ0v) is 36.7. The maximum atomic E-state index is 11.0. The van der Waals surface area contributed by atoms with Gasteiger partial charge in [0.2, 0.25) is 0 Å². The molecule has 13 rings (SSSR count). The fraction of sp³-hybridized carbons (Fsp3) is 0. The number of aromatic nitrogens is 5. The first kappa shape index (κ1) is 39.3. The Bertz CT molecular complexity index is 4220. The third kappa shape index (κ3) is 6.20. The number of nitrogens with zero attached hydrogens (tertiary/aromatic N) is 8. The van der Waals surface area contributed by atoms with E-state index in [4.69, 9.17) is 9.97 Å². The van der Waals surface area contributed by atoms with E-state index in [1.807, 2.05) is 115 Å². The molecular formula is C61H34N8. The molecule has 0 amide bonds. The summed E-state index contributed by atoms with van der Waals surface area (Å²) in [5.41, 5.74) is 14.4. The molecule has 0 bridgehead atoms. The Morgan fingerprint density at radius 2 is 0.739 bits per heavy atom. The summed E-state index contributed by atoms with van der Waals surface area (Å²) in [6.45, 7) is 0. The summed E-state index contributed by atoms with van der Waals surface area (Å²) in [5, 5.41) is 37.0. The minimum Gasteiger partial charge on any atom is -0.309 e. The van der Waals surface area contributed by atoms with E-state index in [-0.39, 0.29) is 0 Å². The lowest BCUT2D eigenvalue weighted by molar-refractivity contribution is 1.15. The van der Waals surface area contributed by atoms with Crippen LogP contribution in [0.15, 0.2) is 206 Å². The molecule has 0 radical (unpaired) electrons. The molecular weight excluding hydrogens is 845 g/mol. The van der Waals surface area contributed by atoms with Crippen LogP contribution in [0.3, 0.4) is 0 Å². The molecule has 69 heavy (non-hydrogen) atoms. The highest BCUT2D eigenvalue weighted by molar-refractivity contribution is 6.14. The summed E-state index contributed by atoms with van der Waals surface area (Å²) in [6, 6.07) is 76.8. The Morgan fingerprint density at radius 3 is 1.26 bits per heavy atom. The highest BCUT2D eigenvalue weighted by atomic mass is 15.0. The van der Waals surface area contributed by atoms with Gasteiger partial charge in [0, 0.05) is 66.1 Å². The van der Waals surface area contributed by atoms with Gasteiger partial charge in [0.25, 0.3) is 0 Å². The van der Waals surface area contributed by atoms with Crippen LogP contribution in [0.4, 0.5) is 0 Å². The molecule has 0 saturated carbocycles. The van der Waals surface area contributed by atoms with Crippen LogP contribution in [0.1, 0.15) is 16.7 Å². The van der Waals surface area contributed by atoms with Gasteiger partial charge in [-0.1, -0.05) is 97.1 Å². The topological polar surface area (TPSA) is 112 Å². The minimum atomic E-state index is 0.483. The van der Waals surface area contributed by atoms with Crippen molar-refractivity contribution in [2.45, 2.75) is 0 Å². The van der Waals surface area contributed by atoms with Crippen LogP contribution in [0.25, 0.3) is 116 Å². The highest BCUT2D eigenvalue weighted by Crippen LogP contribution is 2.41. The molecule has 4 heterocycles. The second-order valence-corrected chi connectivity index (χ2v) is 17.2. The Labute approximate surface area is 395 Å². The molecule has 0 fully saturated rings. The van der Waals surface area contributed by atoms with Crippen LogP contribution in [0.5, 0.6) is 0 Å². The maximum Gasteiger partial charge on any atom is 0.160 e. The standard InChI is InChI=1S/C61H34N8/c62-35-38-19-25-57-49(29-38)50-30-39(36-63)20-26-58(50)69(57)45-23-28-60-52(33-45)51-32-44(68-55-17-9-7-15-47(55)48-16-8-10-18-56(48)68)22-27-59(51)67(60)43-21-24-46(42(31-43)37-64)54-34-53(40-11-3-1-4-12-40)65-61(66-54)41-13-5-2-6-14-41/h1-34H. The fourth-order valence-electron chi connectivity index (χ4n) is 10.2. The summed E-state index contributed by atoms with van der Waals surface area (Å²) in [4.78, 5) is 10.1. The molecule has 0 aliphatic rings. The molecule has 0 unspecified atom stereocenters. The SMILES string of the molecule is N#Cc1ccc2c(c1)c1cc(C#N)ccc1n2-c1ccc2c(c1)c1cc(-n3c4ccccc4c4ccccc43)ccc1n2-c1ccc(-c2cc(-c3ccccc3)nc(-c3ccccc3)n2)c(C#N)c1. The van der Waals surface area contributed by atoms with Crippen molar-refractivity contribution in [3.63, 3.8) is 0 Å². The smallest absolute Gasteiger partial charge is 0.160 e. The van der Waals surface area contributed by atoms with E-state index in [0.717, 1.165) is 88.5 Å². The Morgan fingerprint density at radius 1 is 0.319 bits per heavy atom. The number of rotatable bonds is 6. The van der Waals surface area contributed by atoms with Crippen molar-refractivity contribution in [3.8, 4) is 69.2 Å². The van der Waals surface area contributed by atoms with Gasteiger partial charge in [-0.25, -0.2) is 9.97 Å². The molecule has 0 aliphatic carbocycles. The number of para-hydroxylation sites is 2. The Hall–Kier alpha value is -10.1. The number of nitriles is 3. The monoisotopic (exact) mass is 878 g/mol. The van der Waals surface area contributed by atoms with Crippen LogP contribution in [0, 0.1) is 34.0 Å². The molecule has 0 N–H and O–H groups in total. The van der Waals surface area contributed by atoms with Gasteiger partial charge >= 0.3 is 0 Å². The summed E-state index contributed by atoms with van der Waals surface area (Å²) in [5.74, 6) is 0.580. The van der Waals surface area contributed by atoms with E-state index in [0.29, 0.717) is 33.8 Å². The summed E-state index contributed by atoms with van der Waals surface area (Å²) in [6.07, 6.45) is 0. The third-order valence-corrected chi connectivity index (χ3v) is 13.3. The first-order valence-corrected chi connectivity index (χ1v) is 22.6. The van der Waals surface area contributed by atoms with E-state index < -0.39 is 0 Å². The van der Waals surface area contributed by atoms with Crippen molar-refractivity contribution in [2.24, 2.45) is 0 Å². The van der Waals surface area contributed by atoms with Crippen molar-refractivity contribution in [1.82, 2.24) is 23.7 Å². The largest absolute Gasteiger partial charge is 0.309 e. The number of benzene rings is 9. The number of fused-ring (bicyclic) bond motifs is 9. The van der Waals surface area contributed by atoms with Gasteiger partial charge in [-0.05, 0) is 109 Å². The molecule has 0 saturated heterocycles. The predicted octanol–water partition coefficient (Wildman–Crippen LogP) is 14.4. The van der Waals surface area contributed by atoms with Gasteiger partial charge < -0.3 is 13.7 Å². The predicted molar refractivity (Wildman–Crippen MR) is 276 cm³/mol. The van der Waals surface area contributed by atoms with Crippen LogP contribution in [0.2, 0.25) is 0 Å². The molecule has 8 heteroatoms. The van der Waals surface area contributed by atoms with Crippen molar-refractivity contribution in [1.29, 1.82) is 15.8 Å². The lowest BCUT2D eigenvalue weighted by Crippen LogP contribution is -1.99. The molecule has 9 aromatic carbocycles. The van der Waals surface area contributed by atoms with Crippen LogP contribution < -0.4 is 0 Å². The number of hydrogen-bond donors (Lipinski definition) is 0. The summed E-state index contributed by atoms with van der Waals surface area (Å²) < 4.78 is 6.79. The first-order valence-electron chi connectivity index (χ1n) is 22.6. The van der Waals surface area contributed by atoms with Gasteiger partial charge in [-0.3, -0.25) is 0 Å². The van der Waals surface area contributed by atoms with E-state index in [1.54, 1.807) is 0 Å². The average Bonchev–Trinajstić information content (AvgIpc) is 4.05. The fourth-order valence-corrected chi connectivity index (χ4v) is 10.2. The van der Waals surface area contributed by atoms with Crippen LogP contribution in [-0.2, 0) is 0 Å². The van der Waals surface area contributed by atoms with Crippen molar-refractivity contribution in [2.75, 3.05) is 0 Å². The van der Waals surface area contributed by atoms with Gasteiger partial charge in [0.1, 0.15) is 0 Å².